The van der Waals surface area contributed by atoms with Gasteiger partial charge >= 0.3 is 0 Å². The number of hydrogen-bond donors (Lipinski definition) is 0. The zero-order valence-electron chi connectivity index (χ0n) is 10.0. The molecular weight excluding hydrogens is 251 g/mol. The number of halogens is 1. The van der Waals surface area contributed by atoms with Crippen LogP contribution >= 0.6 is 17.1 Å². The van der Waals surface area contributed by atoms with E-state index < -0.39 is 5.84 Å². The quantitative estimate of drug-likeness (QED) is 0.588. The molecule has 0 saturated heterocycles. The Morgan fingerprint density at radius 2 is 1.40 bits per heavy atom. The van der Waals surface area contributed by atoms with Crippen LogP contribution < -0.4 is 0 Å². The molecule has 2 nitrogen and oxygen atoms in total. The van der Waals surface area contributed by atoms with E-state index in [0.717, 1.165) is 25.7 Å². The van der Waals surface area contributed by atoms with Gasteiger partial charge in [0.2, 0.25) is 0 Å². The topological polar surface area (TPSA) is 18.5 Å². The van der Waals surface area contributed by atoms with Crippen molar-refractivity contribution < 1.29 is 9.05 Å². The van der Waals surface area contributed by atoms with Crippen molar-refractivity contribution in [2.45, 2.75) is 65.6 Å². The summed E-state index contributed by atoms with van der Waals surface area (Å²) in [5.74, 6) is -2.56. The van der Waals surface area contributed by atoms with Gasteiger partial charge in [0.1, 0.15) is 0 Å². The Morgan fingerprint density at radius 3 is 1.67 bits per heavy atom. The first-order valence-electron chi connectivity index (χ1n) is 5.57. The van der Waals surface area contributed by atoms with Gasteiger partial charge in [-0.1, -0.05) is 26.7 Å². The third-order valence-electron chi connectivity index (χ3n) is 2.00. The lowest BCUT2D eigenvalue weighted by Crippen LogP contribution is -2.09. The van der Waals surface area contributed by atoms with Gasteiger partial charge in [0, 0.05) is 0 Å². The van der Waals surface area contributed by atoms with Crippen molar-refractivity contribution in [3.8, 4) is 0 Å². The van der Waals surface area contributed by atoms with E-state index in [9.17, 15) is 0 Å². The third-order valence-corrected chi connectivity index (χ3v) is 4.22. The highest BCUT2D eigenvalue weighted by Gasteiger charge is 2.21. The lowest BCUT2D eigenvalue weighted by atomic mass is 10.2. The molecule has 0 saturated carbocycles. The normalized spacial score (nSPS) is 19.5. The first-order valence-corrected chi connectivity index (χ1v) is 9.12. The van der Waals surface area contributed by atoms with Crippen LogP contribution in [-0.2, 0) is 20.9 Å². The highest BCUT2D eigenvalue weighted by molar-refractivity contribution is 8.22. The summed E-state index contributed by atoms with van der Waals surface area (Å²) in [5, 5.41) is 0. The second-order valence-electron chi connectivity index (χ2n) is 3.84. The summed E-state index contributed by atoms with van der Waals surface area (Å²) < 4.78 is 11.1. The first kappa shape index (κ1) is 15.9. The molecule has 0 amide bonds. The number of rotatable bonds is 8. The molecule has 0 aliphatic rings. The predicted molar refractivity (Wildman–Crippen MR) is 71.0 cm³/mol. The maximum atomic E-state index is 6.08. The fourth-order valence-corrected chi connectivity index (χ4v) is 4.19. The molecule has 0 bridgehead atoms. The summed E-state index contributed by atoms with van der Waals surface area (Å²) >= 11 is 11.2. The fourth-order valence-electron chi connectivity index (χ4n) is 1.37. The Hall–Kier alpha value is 0.860. The summed E-state index contributed by atoms with van der Waals surface area (Å²) in [6.45, 7) is 8.19. The van der Waals surface area contributed by atoms with Crippen LogP contribution in [0.3, 0.4) is 0 Å². The van der Waals surface area contributed by atoms with Crippen LogP contribution in [0.5, 0.6) is 0 Å². The van der Waals surface area contributed by atoms with Crippen LogP contribution in [0.15, 0.2) is 0 Å². The van der Waals surface area contributed by atoms with Crippen molar-refractivity contribution >= 4 is 28.9 Å². The molecule has 0 rings (SSSR count). The molecule has 0 fully saturated rings. The molecule has 0 aromatic carbocycles. The van der Waals surface area contributed by atoms with Gasteiger partial charge in [-0.2, -0.15) is 0 Å². The van der Waals surface area contributed by atoms with Crippen molar-refractivity contribution in [1.82, 2.24) is 0 Å². The second kappa shape index (κ2) is 8.03. The van der Waals surface area contributed by atoms with Gasteiger partial charge < -0.3 is 9.05 Å². The SMILES string of the molecule is CCCC(C)OP(=S)(Cl)OC(C)CCC. The average Bonchev–Trinajstić information content (AvgIpc) is 2.01. The standard InChI is InChI=1S/C10H22ClO2PS/c1-5-7-9(3)12-14(11,15)13-10(4)8-6-2/h9-10H,5-8H2,1-4H3. The van der Waals surface area contributed by atoms with Gasteiger partial charge in [-0.05, 0) is 49.7 Å². The van der Waals surface area contributed by atoms with E-state index in [1.807, 2.05) is 13.8 Å². The zero-order valence-corrected chi connectivity index (χ0v) is 12.5. The van der Waals surface area contributed by atoms with Crippen LogP contribution in [0.1, 0.15) is 53.4 Å². The lowest BCUT2D eigenvalue weighted by Gasteiger charge is -2.23. The molecule has 2 atom stereocenters. The molecule has 0 aromatic heterocycles. The molecule has 0 spiro atoms. The van der Waals surface area contributed by atoms with Crippen LogP contribution in [0.2, 0.25) is 0 Å². The van der Waals surface area contributed by atoms with Gasteiger partial charge in [-0.3, -0.25) is 0 Å². The lowest BCUT2D eigenvalue weighted by molar-refractivity contribution is 0.156. The Bertz CT molecular complexity index is 196. The third kappa shape index (κ3) is 8.65. The van der Waals surface area contributed by atoms with Gasteiger partial charge in [0.25, 0.3) is 5.84 Å². The maximum absolute atomic E-state index is 6.08. The van der Waals surface area contributed by atoms with Crippen LogP contribution in [0.25, 0.3) is 0 Å². The van der Waals surface area contributed by atoms with Crippen molar-refractivity contribution in [3.05, 3.63) is 0 Å². The average molecular weight is 273 g/mol. The number of hydrogen-bond acceptors (Lipinski definition) is 3. The maximum Gasteiger partial charge on any atom is 0.282 e. The predicted octanol–water partition coefficient (Wildman–Crippen LogP) is 4.86. The molecule has 92 valence electrons. The molecular formula is C10H22ClO2PS. The minimum absolute atomic E-state index is 0.0900. The molecule has 0 aromatic rings. The van der Waals surface area contributed by atoms with E-state index in [0.29, 0.717) is 0 Å². The van der Waals surface area contributed by atoms with Crippen LogP contribution in [0, 0.1) is 0 Å². The summed E-state index contributed by atoms with van der Waals surface area (Å²) in [4.78, 5) is 0. The summed E-state index contributed by atoms with van der Waals surface area (Å²) in [7, 11) is 0. The van der Waals surface area contributed by atoms with E-state index in [4.69, 9.17) is 32.1 Å². The fraction of sp³-hybridized carbons (Fsp3) is 1.00. The van der Waals surface area contributed by atoms with E-state index in [2.05, 4.69) is 13.8 Å². The molecule has 0 heterocycles. The minimum Gasteiger partial charge on any atom is -0.315 e. The molecule has 0 aliphatic heterocycles. The molecule has 0 aliphatic carbocycles. The van der Waals surface area contributed by atoms with E-state index in [1.165, 1.54) is 0 Å². The highest BCUT2D eigenvalue weighted by Crippen LogP contribution is 2.56. The summed E-state index contributed by atoms with van der Waals surface area (Å²) in [6.07, 6.45) is 4.25. The largest absolute Gasteiger partial charge is 0.315 e. The van der Waals surface area contributed by atoms with Crippen molar-refractivity contribution in [3.63, 3.8) is 0 Å². The second-order valence-corrected chi connectivity index (χ2v) is 8.50. The van der Waals surface area contributed by atoms with Crippen molar-refractivity contribution in [2.75, 3.05) is 0 Å². The summed E-state index contributed by atoms with van der Waals surface area (Å²) in [5.41, 5.74) is 0. The van der Waals surface area contributed by atoms with Gasteiger partial charge in [-0.15, -0.1) is 0 Å². The molecule has 0 N–H and O–H groups in total. The van der Waals surface area contributed by atoms with E-state index in [1.54, 1.807) is 0 Å². The Morgan fingerprint density at radius 1 is 1.07 bits per heavy atom. The van der Waals surface area contributed by atoms with E-state index in [-0.39, 0.29) is 12.2 Å². The van der Waals surface area contributed by atoms with Crippen LogP contribution in [-0.4, -0.2) is 12.2 Å². The van der Waals surface area contributed by atoms with Crippen LogP contribution in [0.4, 0.5) is 0 Å². The summed E-state index contributed by atoms with van der Waals surface area (Å²) in [6, 6.07) is 0. The van der Waals surface area contributed by atoms with E-state index >= 15 is 0 Å². The molecule has 15 heavy (non-hydrogen) atoms. The smallest absolute Gasteiger partial charge is 0.282 e. The Labute approximate surface area is 104 Å². The zero-order chi connectivity index (χ0) is 11.9. The minimum atomic E-state index is -2.56. The molecule has 0 radical (unpaired) electrons. The molecule has 5 heteroatoms. The Kier molecular flexibility index (Phi) is 8.49. The first-order chi connectivity index (χ1) is 6.91. The molecule has 2 unspecified atom stereocenters. The van der Waals surface area contributed by atoms with Crippen molar-refractivity contribution in [1.29, 1.82) is 0 Å². The Balaban J connectivity index is 4.00. The van der Waals surface area contributed by atoms with Gasteiger partial charge in [-0.25, -0.2) is 0 Å². The van der Waals surface area contributed by atoms with Gasteiger partial charge in [0.05, 0.1) is 12.2 Å². The van der Waals surface area contributed by atoms with Gasteiger partial charge in [0.15, 0.2) is 0 Å². The highest BCUT2D eigenvalue weighted by atomic mass is 35.7. The monoisotopic (exact) mass is 272 g/mol. The van der Waals surface area contributed by atoms with Crippen molar-refractivity contribution in [2.24, 2.45) is 0 Å².